The maximum atomic E-state index is 12.9. The number of hydrogen-bond acceptors (Lipinski definition) is 6. The molecule has 0 spiro atoms. The molecule has 8 heteroatoms. The molecule has 7 nitrogen and oxygen atoms in total. The number of amides is 1. The van der Waals surface area contributed by atoms with E-state index in [2.05, 4.69) is 15.4 Å². The third-order valence-electron chi connectivity index (χ3n) is 4.90. The van der Waals surface area contributed by atoms with Crippen molar-refractivity contribution in [2.45, 2.75) is 39.2 Å². The van der Waals surface area contributed by atoms with Crippen LogP contribution in [-0.4, -0.2) is 38.5 Å². The van der Waals surface area contributed by atoms with E-state index < -0.39 is 0 Å². The highest BCUT2D eigenvalue weighted by Crippen LogP contribution is 2.21. The second-order valence-electron chi connectivity index (χ2n) is 6.88. The van der Waals surface area contributed by atoms with E-state index in [9.17, 15) is 9.59 Å². The Bertz CT molecular complexity index is 1050. The predicted octanol–water partition coefficient (Wildman–Crippen LogP) is 2.95. The first-order valence-corrected chi connectivity index (χ1v) is 10.5. The molecule has 1 saturated heterocycles. The van der Waals surface area contributed by atoms with Gasteiger partial charge in [0.1, 0.15) is 5.01 Å². The van der Waals surface area contributed by atoms with Gasteiger partial charge in [0.15, 0.2) is 0 Å². The summed E-state index contributed by atoms with van der Waals surface area (Å²) in [6.07, 6.45) is 4.07. The largest absolute Gasteiger partial charge is 0.379 e. The topological polar surface area (TPSA) is 79.6 Å². The van der Waals surface area contributed by atoms with Crippen molar-refractivity contribution >= 4 is 27.9 Å². The summed E-state index contributed by atoms with van der Waals surface area (Å²) < 4.78 is 1.35. The van der Waals surface area contributed by atoms with Crippen LogP contribution in [-0.2, 0) is 13.0 Å². The van der Waals surface area contributed by atoms with Gasteiger partial charge in [0.05, 0.1) is 17.8 Å². The molecule has 0 bridgehead atoms. The van der Waals surface area contributed by atoms with Crippen molar-refractivity contribution in [3.05, 3.63) is 57.0 Å². The van der Waals surface area contributed by atoms with Crippen LogP contribution in [0.1, 0.15) is 47.2 Å². The lowest BCUT2D eigenvalue weighted by atomic mass is 10.1. The molecule has 1 amide bonds. The summed E-state index contributed by atoms with van der Waals surface area (Å²) in [5, 5.41) is 8.44. The SMILES string of the molecule is CCc1nn2c(=O)cc(CNc3ccccc3C(=O)N3CCCCC3)nc2s1. The molecule has 0 radical (unpaired) electrons. The Hall–Kier alpha value is -2.74. The van der Waals surface area contributed by atoms with Crippen LogP contribution in [0.15, 0.2) is 35.1 Å². The molecule has 1 aromatic carbocycles. The molecule has 1 N–H and O–H groups in total. The number of carbonyl (C=O) groups is 1. The van der Waals surface area contributed by atoms with E-state index in [1.165, 1.54) is 28.3 Å². The molecule has 0 atom stereocenters. The van der Waals surface area contributed by atoms with E-state index >= 15 is 0 Å². The lowest BCUT2D eigenvalue weighted by Gasteiger charge is -2.27. The second kappa shape index (κ2) is 8.10. The van der Waals surface area contributed by atoms with E-state index in [1.54, 1.807) is 0 Å². The van der Waals surface area contributed by atoms with Crippen molar-refractivity contribution in [3.8, 4) is 0 Å². The Morgan fingerprint density at radius 1 is 1.21 bits per heavy atom. The summed E-state index contributed by atoms with van der Waals surface area (Å²) >= 11 is 1.43. The van der Waals surface area contributed by atoms with Gasteiger partial charge in [0.25, 0.3) is 11.5 Å². The monoisotopic (exact) mass is 397 g/mol. The number of piperidine rings is 1. The number of aryl methyl sites for hydroxylation is 1. The van der Waals surface area contributed by atoms with Gasteiger partial charge in [0, 0.05) is 24.8 Å². The van der Waals surface area contributed by atoms with Crippen molar-refractivity contribution in [3.63, 3.8) is 0 Å². The molecule has 28 heavy (non-hydrogen) atoms. The van der Waals surface area contributed by atoms with Crippen LogP contribution in [0.3, 0.4) is 0 Å². The van der Waals surface area contributed by atoms with Gasteiger partial charge in [0.2, 0.25) is 4.96 Å². The average molecular weight is 398 g/mol. The van der Waals surface area contributed by atoms with Crippen LogP contribution in [0.25, 0.3) is 4.96 Å². The minimum atomic E-state index is -0.185. The van der Waals surface area contributed by atoms with E-state index in [1.807, 2.05) is 36.1 Å². The zero-order valence-corrected chi connectivity index (χ0v) is 16.7. The summed E-state index contributed by atoms with van der Waals surface area (Å²) in [5.41, 5.74) is 1.87. The Balaban J connectivity index is 1.54. The summed E-state index contributed by atoms with van der Waals surface area (Å²) in [5.74, 6) is 0.0568. The minimum Gasteiger partial charge on any atom is -0.379 e. The molecule has 4 rings (SSSR count). The molecule has 3 aromatic rings. The fourth-order valence-electron chi connectivity index (χ4n) is 3.41. The van der Waals surface area contributed by atoms with Crippen LogP contribution >= 0.6 is 11.3 Å². The maximum Gasteiger partial charge on any atom is 0.275 e. The van der Waals surface area contributed by atoms with Gasteiger partial charge in [-0.2, -0.15) is 9.61 Å². The highest BCUT2D eigenvalue weighted by Gasteiger charge is 2.20. The van der Waals surface area contributed by atoms with E-state index in [0.717, 1.165) is 43.0 Å². The average Bonchev–Trinajstić information content (AvgIpc) is 3.16. The van der Waals surface area contributed by atoms with Gasteiger partial charge in [-0.3, -0.25) is 9.59 Å². The summed E-state index contributed by atoms with van der Waals surface area (Å²) in [6.45, 7) is 4.00. The number of para-hydroxylation sites is 1. The Morgan fingerprint density at radius 3 is 2.79 bits per heavy atom. The number of likely N-dealkylation sites (tertiary alicyclic amines) is 1. The Labute approximate surface area is 167 Å². The second-order valence-corrected chi connectivity index (χ2v) is 7.92. The standard InChI is InChI=1S/C20H23N5O2S/c1-2-17-23-25-18(26)12-14(22-20(25)28-17)13-21-16-9-5-4-8-15(16)19(27)24-10-6-3-7-11-24/h4-5,8-9,12,21H,2-3,6-7,10-11,13H2,1H3. The van der Waals surface area contributed by atoms with Crippen molar-refractivity contribution < 1.29 is 4.79 Å². The first-order valence-electron chi connectivity index (χ1n) is 9.66. The molecular weight excluding hydrogens is 374 g/mol. The van der Waals surface area contributed by atoms with Crippen molar-refractivity contribution in [2.75, 3.05) is 18.4 Å². The number of hydrogen-bond donors (Lipinski definition) is 1. The first-order chi connectivity index (χ1) is 13.7. The molecule has 0 aliphatic carbocycles. The number of nitrogens with zero attached hydrogens (tertiary/aromatic N) is 4. The van der Waals surface area contributed by atoms with Crippen LogP contribution in [0, 0.1) is 0 Å². The van der Waals surface area contributed by atoms with Gasteiger partial charge in [-0.1, -0.05) is 30.4 Å². The lowest BCUT2D eigenvalue weighted by Crippen LogP contribution is -2.36. The number of anilines is 1. The van der Waals surface area contributed by atoms with Gasteiger partial charge in [-0.05, 0) is 37.8 Å². The van der Waals surface area contributed by atoms with E-state index in [0.29, 0.717) is 22.8 Å². The van der Waals surface area contributed by atoms with Crippen molar-refractivity contribution in [1.82, 2.24) is 19.5 Å². The third kappa shape index (κ3) is 3.77. The van der Waals surface area contributed by atoms with Gasteiger partial charge in [-0.15, -0.1) is 0 Å². The number of rotatable bonds is 5. The van der Waals surface area contributed by atoms with E-state index in [-0.39, 0.29) is 11.5 Å². The van der Waals surface area contributed by atoms with Gasteiger partial charge < -0.3 is 10.2 Å². The number of nitrogens with one attached hydrogen (secondary N) is 1. The maximum absolute atomic E-state index is 12.9. The molecule has 0 saturated carbocycles. The Morgan fingerprint density at radius 2 is 2.00 bits per heavy atom. The van der Waals surface area contributed by atoms with Crippen molar-refractivity contribution in [1.29, 1.82) is 0 Å². The number of benzene rings is 1. The van der Waals surface area contributed by atoms with Crippen LogP contribution < -0.4 is 10.9 Å². The molecule has 1 aliphatic heterocycles. The van der Waals surface area contributed by atoms with E-state index in [4.69, 9.17) is 0 Å². The normalized spacial score (nSPS) is 14.4. The van der Waals surface area contributed by atoms with Gasteiger partial charge >= 0.3 is 0 Å². The van der Waals surface area contributed by atoms with Crippen LogP contribution in [0.4, 0.5) is 5.69 Å². The zero-order valence-electron chi connectivity index (χ0n) is 15.9. The minimum absolute atomic E-state index is 0.0568. The zero-order chi connectivity index (χ0) is 19.5. The number of carbonyl (C=O) groups excluding carboxylic acids is 1. The van der Waals surface area contributed by atoms with Gasteiger partial charge in [-0.25, -0.2) is 4.98 Å². The predicted molar refractivity (Wildman–Crippen MR) is 110 cm³/mol. The molecular formula is C20H23N5O2S. The smallest absolute Gasteiger partial charge is 0.275 e. The summed E-state index contributed by atoms with van der Waals surface area (Å²) in [7, 11) is 0. The number of fused-ring (bicyclic) bond motifs is 1. The molecule has 3 heterocycles. The quantitative estimate of drug-likeness (QED) is 0.716. The fraction of sp³-hybridized carbons (Fsp3) is 0.400. The molecule has 2 aromatic heterocycles. The summed E-state index contributed by atoms with van der Waals surface area (Å²) in [6, 6.07) is 9.01. The molecule has 0 unspecified atom stereocenters. The number of aromatic nitrogens is 3. The van der Waals surface area contributed by atoms with Crippen LogP contribution in [0.5, 0.6) is 0 Å². The first kappa shape index (κ1) is 18.6. The highest BCUT2D eigenvalue weighted by atomic mass is 32.1. The fourth-order valence-corrected chi connectivity index (χ4v) is 4.26. The Kier molecular flexibility index (Phi) is 5.38. The summed E-state index contributed by atoms with van der Waals surface area (Å²) in [4.78, 5) is 32.3. The molecule has 1 aliphatic rings. The lowest BCUT2D eigenvalue weighted by molar-refractivity contribution is 0.0725. The third-order valence-corrected chi connectivity index (χ3v) is 5.96. The van der Waals surface area contributed by atoms with Crippen molar-refractivity contribution in [2.24, 2.45) is 0 Å². The highest BCUT2D eigenvalue weighted by molar-refractivity contribution is 7.16. The van der Waals surface area contributed by atoms with Crippen LogP contribution in [0.2, 0.25) is 0 Å². The molecule has 146 valence electrons. The molecule has 1 fully saturated rings.